The molecule has 1 aromatic heterocycles. The molecule has 2 amide bonds. The summed E-state index contributed by atoms with van der Waals surface area (Å²) in [4.78, 5) is 14.2. The van der Waals surface area contributed by atoms with Crippen LogP contribution in [-0.2, 0) is 6.54 Å². The Morgan fingerprint density at radius 3 is 3.15 bits per heavy atom. The van der Waals surface area contributed by atoms with E-state index in [-0.39, 0.29) is 6.03 Å². The van der Waals surface area contributed by atoms with Gasteiger partial charge in [-0.3, -0.25) is 4.68 Å². The second-order valence-electron chi connectivity index (χ2n) is 5.46. The molecule has 1 N–H and O–H groups in total. The van der Waals surface area contributed by atoms with Crippen LogP contribution in [0.4, 0.5) is 4.79 Å². The summed E-state index contributed by atoms with van der Waals surface area (Å²) < 4.78 is 1.90. The maximum absolute atomic E-state index is 12.3. The lowest BCUT2D eigenvalue weighted by Gasteiger charge is -2.27. The van der Waals surface area contributed by atoms with E-state index in [0.717, 1.165) is 31.0 Å². The fourth-order valence-electron chi connectivity index (χ4n) is 2.35. The van der Waals surface area contributed by atoms with Crippen molar-refractivity contribution in [3.05, 3.63) is 18.5 Å². The third kappa shape index (κ3) is 4.44. The predicted molar refractivity (Wildman–Crippen MR) is 82.9 cm³/mol. The lowest BCUT2D eigenvalue weighted by Crippen LogP contribution is -2.46. The van der Waals surface area contributed by atoms with Crippen LogP contribution >= 0.6 is 11.8 Å². The SMILES string of the molecule is C[C@@H](CNC(=O)N1CCSCC[C@H]1C)Cn1cccn1. The number of thioether (sulfide) groups is 1. The number of hydrogen-bond acceptors (Lipinski definition) is 3. The first kappa shape index (κ1) is 15.2. The summed E-state index contributed by atoms with van der Waals surface area (Å²) in [5.41, 5.74) is 0. The molecule has 0 aliphatic carbocycles. The minimum Gasteiger partial charge on any atom is -0.338 e. The van der Waals surface area contributed by atoms with Gasteiger partial charge in [0, 0.05) is 43.8 Å². The number of aromatic nitrogens is 2. The molecule has 1 aliphatic rings. The van der Waals surface area contributed by atoms with Crippen LogP contribution in [-0.4, -0.2) is 51.3 Å². The molecular formula is C14H24N4OS. The molecule has 5 nitrogen and oxygen atoms in total. The van der Waals surface area contributed by atoms with Gasteiger partial charge in [0.25, 0.3) is 0 Å². The van der Waals surface area contributed by atoms with Gasteiger partial charge in [-0.1, -0.05) is 6.92 Å². The molecule has 0 saturated carbocycles. The van der Waals surface area contributed by atoms with Gasteiger partial charge in [0.2, 0.25) is 0 Å². The third-order valence-electron chi connectivity index (χ3n) is 3.61. The molecular weight excluding hydrogens is 272 g/mol. The van der Waals surface area contributed by atoms with E-state index >= 15 is 0 Å². The highest BCUT2D eigenvalue weighted by Crippen LogP contribution is 2.15. The minimum absolute atomic E-state index is 0.0762. The van der Waals surface area contributed by atoms with Gasteiger partial charge in [-0.05, 0) is 31.1 Å². The average molecular weight is 296 g/mol. The number of nitrogens with zero attached hydrogens (tertiary/aromatic N) is 3. The zero-order valence-corrected chi connectivity index (χ0v) is 13.1. The zero-order valence-electron chi connectivity index (χ0n) is 12.3. The molecule has 1 fully saturated rings. The Kier molecular flexibility index (Phi) is 5.76. The molecule has 1 aliphatic heterocycles. The molecule has 0 aromatic carbocycles. The maximum Gasteiger partial charge on any atom is 0.317 e. The fraction of sp³-hybridized carbons (Fsp3) is 0.714. The van der Waals surface area contributed by atoms with Crippen LogP contribution in [0.5, 0.6) is 0 Å². The van der Waals surface area contributed by atoms with E-state index in [2.05, 4.69) is 24.3 Å². The molecule has 112 valence electrons. The second kappa shape index (κ2) is 7.57. The molecule has 2 heterocycles. The Morgan fingerprint density at radius 1 is 1.55 bits per heavy atom. The number of carbonyl (C=O) groups excluding carboxylic acids is 1. The number of hydrogen-bond donors (Lipinski definition) is 1. The van der Waals surface area contributed by atoms with Gasteiger partial charge in [-0.2, -0.15) is 16.9 Å². The van der Waals surface area contributed by atoms with E-state index in [1.165, 1.54) is 0 Å². The van der Waals surface area contributed by atoms with Crippen molar-refractivity contribution in [3.8, 4) is 0 Å². The largest absolute Gasteiger partial charge is 0.338 e. The van der Waals surface area contributed by atoms with E-state index in [1.807, 2.05) is 33.6 Å². The Morgan fingerprint density at radius 2 is 2.40 bits per heavy atom. The van der Waals surface area contributed by atoms with E-state index in [1.54, 1.807) is 6.20 Å². The van der Waals surface area contributed by atoms with E-state index in [4.69, 9.17) is 0 Å². The summed E-state index contributed by atoms with van der Waals surface area (Å²) in [6.07, 6.45) is 4.81. The summed E-state index contributed by atoms with van der Waals surface area (Å²) >= 11 is 1.93. The lowest BCUT2D eigenvalue weighted by molar-refractivity contribution is 0.181. The minimum atomic E-state index is 0.0762. The summed E-state index contributed by atoms with van der Waals surface area (Å²) in [5.74, 6) is 2.57. The van der Waals surface area contributed by atoms with Crippen molar-refractivity contribution in [1.29, 1.82) is 0 Å². The number of amides is 2. The molecule has 1 saturated heterocycles. The average Bonchev–Trinajstić information content (AvgIpc) is 2.83. The van der Waals surface area contributed by atoms with Gasteiger partial charge in [-0.15, -0.1) is 0 Å². The summed E-state index contributed by atoms with van der Waals surface area (Å²) in [6.45, 7) is 6.64. The lowest BCUT2D eigenvalue weighted by atomic mass is 10.2. The Hall–Kier alpha value is -1.17. The van der Waals surface area contributed by atoms with Crippen LogP contribution in [0, 0.1) is 5.92 Å². The fourth-order valence-corrected chi connectivity index (χ4v) is 3.39. The number of urea groups is 1. The summed E-state index contributed by atoms with van der Waals surface area (Å²) in [6, 6.07) is 2.33. The van der Waals surface area contributed by atoms with Crippen molar-refractivity contribution < 1.29 is 4.79 Å². The first-order valence-electron chi connectivity index (χ1n) is 7.26. The maximum atomic E-state index is 12.3. The van der Waals surface area contributed by atoms with Crippen LogP contribution in [0.2, 0.25) is 0 Å². The molecule has 2 atom stereocenters. The molecule has 0 unspecified atom stereocenters. The Balaban J connectivity index is 1.76. The second-order valence-corrected chi connectivity index (χ2v) is 6.69. The van der Waals surface area contributed by atoms with Gasteiger partial charge >= 0.3 is 6.03 Å². The Bertz CT molecular complexity index is 409. The van der Waals surface area contributed by atoms with Gasteiger partial charge in [0.1, 0.15) is 0 Å². The van der Waals surface area contributed by atoms with Crippen molar-refractivity contribution in [1.82, 2.24) is 20.0 Å². The van der Waals surface area contributed by atoms with Gasteiger partial charge in [-0.25, -0.2) is 4.79 Å². The van der Waals surface area contributed by atoms with Crippen molar-refractivity contribution in [2.24, 2.45) is 5.92 Å². The molecule has 0 spiro atoms. The van der Waals surface area contributed by atoms with Crippen LogP contribution in [0.25, 0.3) is 0 Å². The highest BCUT2D eigenvalue weighted by Gasteiger charge is 2.22. The highest BCUT2D eigenvalue weighted by atomic mass is 32.2. The van der Waals surface area contributed by atoms with Gasteiger partial charge in [0.15, 0.2) is 0 Å². The molecule has 20 heavy (non-hydrogen) atoms. The van der Waals surface area contributed by atoms with Crippen molar-refractivity contribution in [2.45, 2.75) is 32.9 Å². The molecule has 0 radical (unpaired) electrons. The topological polar surface area (TPSA) is 50.2 Å². The monoisotopic (exact) mass is 296 g/mol. The first-order chi connectivity index (χ1) is 9.66. The highest BCUT2D eigenvalue weighted by molar-refractivity contribution is 7.99. The van der Waals surface area contributed by atoms with E-state index in [9.17, 15) is 4.79 Å². The quantitative estimate of drug-likeness (QED) is 0.925. The normalized spacial score (nSPS) is 21.3. The van der Waals surface area contributed by atoms with Crippen LogP contribution in [0.15, 0.2) is 18.5 Å². The number of carbonyl (C=O) groups is 1. The molecule has 1 aromatic rings. The molecule has 6 heteroatoms. The van der Waals surface area contributed by atoms with Crippen molar-refractivity contribution >= 4 is 17.8 Å². The summed E-state index contributed by atoms with van der Waals surface area (Å²) in [5, 5.41) is 7.25. The van der Waals surface area contributed by atoms with Crippen LogP contribution < -0.4 is 5.32 Å². The standard InChI is InChI=1S/C14H24N4OS/c1-12(11-17-6-3-5-16-17)10-15-14(19)18-7-9-20-8-4-13(18)2/h3,5-6,12-13H,4,7-11H2,1-2H3,(H,15,19)/t12-,13+/m0/s1. The van der Waals surface area contributed by atoms with Crippen molar-refractivity contribution in [2.75, 3.05) is 24.6 Å². The zero-order chi connectivity index (χ0) is 14.4. The summed E-state index contributed by atoms with van der Waals surface area (Å²) in [7, 11) is 0. The number of rotatable bonds is 4. The smallest absolute Gasteiger partial charge is 0.317 e. The van der Waals surface area contributed by atoms with E-state index in [0.29, 0.717) is 18.5 Å². The first-order valence-corrected chi connectivity index (χ1v) is 8.42. The van der Waals surface area contributed by atoms with E-state index < -0.39 is 0 Å². The van der Waals surface area contributed by atoms with Crippen molar-refractivity contribution in [3.63, 3.8) is 0 Å². The van der Waals surface area contributed by atoms with Crippen LogP contribution in [0.1, 0.15) is 20.3 Å². The number of nitrogens with one attached hydrogen (secondary N) is 1. The Labute approximate surface area is 125 Å². The molecule has 0 bridgehead atoms. The van der Waals surface area contributed by atoms with Crippen LogP contribution in [0.3, 0.4) is 0 Å². The van der Waals surface area contributed by atoms with Gasteiger partial charge < -0.3 is 10.2 Å². The molecule has 2 rings (SSSR count). The predicted octanol–water partition coefficient (Wildman–Crippen LogP) is 2.06. The third-order valence-corrected chi connectivity index (χ3v) is 4.60. The van der Waals surface area contributed by atoms with Gasteiger partial charge in [0.05, 0.1) is 0 Å².